The van der Waals surface area contributed by atoms with Crippen LogP contribution in [0.5, 0.6) is 0 Å². The third-order valence-corrected chi connectivity index (χ3v) is 5.24. The van der Waals surface area contributed by atoms with Crippen LogP contribution in [-0.4, -0.2) is 59.1 Å². The maximum atomic E-state index is 14.4. The molecule has 2 aliphatic rings. The van der Waals surface area contributed by atoms with Gasteiger partial charge in [0.1, 0.15) is 24.7 Å². The van der Waals surface area contributed by atoms with E-state index < -0.39 is 6.17 Å². The van der Waals surface area contributed by atoms with Crippen LogP contribution in [0.15, 0.2) is 24.3 Å². The van der Waals surface area contributed by atoms with Gasteiger partial charge >= 0.3 is 0 Å². The van der Waals surface area contributed by atoms with Crippen molar-refractivity contribution in [1.82, 2.24) is 14.5 Å². The molecule has 5 nitrogen and oxygen atoms in total. The zero-order valence-corrected chi connectivity index (χ0v) is 14.0. The van der Waals surface area contributed by atoms with Crippen LogP contribution in [0.2, 0.25) is 0 Å². The number of imidazole rings is 1. The van der Waals surface area contributed by atoms with Crippen molar-refractivity contribution in [3.8, 4) is 0 Å². The first-order chi connectivity index (χ1) is 11.7. The lowest BCUT2D eigenvalue weighted by atomic mass is 10.1. The van der Waals surface area contributed by atoms with E-state index in [9.17, 15) is 4.39 Å². The second kappa shape index (κ2) is 6.78. The third kappa shape index (κ3) is 3.06. The van der Waals surface area contributed by atoms with Crippen LogP contribution in [0.4, 0.5) is 4.39 Å². The number of aromatic nitrogens is 2. The molecule has 0 amide bonds. The minimum absolute atomic E-state index is 0.345. The van der Waals surface area contributed by atoms with Gasteiger partial charge in [0.15, 0.2) is 0 Å². The highest BCUT2D eigenvalue weighted by atomic mass is 19.1. The van der Waals surface area contributed by atoms with Crippen molar-refractivity contribution >= 4 is 11.0 Å². The van der Waals surface area contributed by atoms with Crippen LogP contribution < -0.4 is 0 Å². The summed E-state index contributed by atoms with van der Waals surface area (Å²) in [5, 5.41) is 0. The van der Waals surface area contributed by atoms with Crippen molar-refractivity contribution in [2.75, 3.05) is 26.3 Å². The molecule has 0 spiro atoms. The van der Waals surface area contributed by atoms with E-state index in [4.69, 9.17) is 9.47 Å². The number of aryl methyl sites for hydroxylation is 1. The summed E-state index contributed by atoms with van der Waals surface area (Å²) in [5.74, 6) is 0.841. The maximum Gasteiger partial charge on any atom is 0.140 e. The minimum atomic E-state index is -0.928. The quantitative estimate of drug-likeness (QED) is 0.861. The van der Waals surface area contributed by atoms with E-state index in [-0.39, 0.29) is 6.10 Å². The fourth-order valence-electron chi connectivity index (χ4n) is 3.77. The third-order valence-electron chi connectivity index (χ3n) is 5.24. The van der Waals surface area contributed by atoms with E-state index >= 15 is 0 Å². The van der Waals surface area contributed by atoms with Crippen molar-refractivity contribution in [1.29, 1.82) is 0 Å². The average molecular weight is 333 g/mol. The Kier molecular flexibility index (Phi) is 4.52. The van der Waals surface area contributed by atoms with Gasteiger partial charge in [0.25, 0.3) is 0 Å². The molecule has 24 heavy (non-hydrogen) atoms. The second-order valence-corrected chi connectivity index (χ2v) is 6.74. The van der Waals surface area contributed by atoms with Crippen molar-refractivity contribution in [3.05, 3.63) is 30.1 Å². The lowest BCUT2D eigenvalue weighted by Gasteiger charge is -2.30. The maximum absolute atomic E-state index is 14.4. The topological polar surface area (TPSA) is 39.5 Å². The van der Waals surface area contributed by atoms with Gasteiger partial charge in [-0.1, -0.05) is 12.1 Å². The molecule has 6 heteroatoms. The number of alkyl halides is 1. The number of nitrogens with zero attached hydrogens (tertiary/aromatic N) is 3. The summed E-state index contributed by atoms with van der Waals surface area (Å²) in [7, 11) is 1.98. The first kappa shape index (κ1) is 16.0. The van der Waals surface area contributed by atoms with Gasteiger partial charge in [0, 0.05) is 39.4 Å². The van der Waals surface area contributed by atoms with Crippen molar-refractivity contribution in [2.45, 2.75) is 37.8 Å². The molecule has 3 heterocycles. The predicted octanol–water partition coefficient (Wildman–Crippen LogP) is 2.29. The number of fused-ring (bicyclic) bond motifs is 1. The number of hydrogen-bond acceptors (Lipinski definition) is 4. The van der Waals surface area contributed by atoms with Crippen LogP contribution in [0.25, 0.3) is 11.0 Å². The molecular formula is C18H24FN3O2. The highest BCUT2D eigenvalue weighted by Gasteiger charge is 2.37. The Morgan fingerprint density at radius 1 is 1.25 bits per heavy atom. The molecule has 0 bridgehead atoms. The number of likely N-dealkylation sites (tertiary alicyclic amines) is 1. The van der Waals surface area contributed by atoms with E-state index in [2.05, 4.69) is 9.88 Å². The predicted molar refractivity (Wildman–Crippen MR) is 89.6 cm³/mol. The Morgan fingerprint density at radius 3 is 2.83 bits per heavy atom. The molecule has 2 aromatic rings. The summed E-state index contributed by atoms with van der Waals surface area (Å²) < 4.78 is 27.7. The molecule has 0 aliphatic carbocycles. The molecule has 4 rings (SSSR count). The van der Waals surface area contributed by atoms with Crippen LogP contribution in [-0.2, 0) is 23.1 Å². The van der Waals surface area contributed by atoms with Crippen LogP contribution >= 0.6 is 0 Å². The second-order valence-electron chi connectivity index (χ2n) is 6.74. The molecular weight excluding hydrogens is 309 g/mol. The Morgan fingerprint density at radius 2 is 2.04 bits per heavy atom. The van der Waals surface area contributed by atoms with Gasteiger partial charge in [0.05, 0.1) is 11.0 Å². The molecule has 2 saturated heterocycles. The number of para-hydroxylation sites is 2. The number of rotatable bonds is 4. The van der Waals surface area contributed by atoms with Gasteiger partial charge in [-0.25, -0.2) is 9.37 Å². The van der Waals surface area contributed by atoms with Crippen LogP contribution in [0.3, 0.4) is 0 Å². The lowest BCUT2D eigenvalue weighted by Crippen LogP contribution is -2.38. The highest BCUT2D eigenvalue weighted by Crippen LogP contribution is 2.25. The first-order valence-electron chi connectivity index (χ1n) is 8.70. The summed E-state index contributed by atoms with van der Waals surface area (Å²) in [6.07, 6.45) is 0.684. The molecule has 0 N–H and O–H groups in total. The summed E-state index contributed by atoms with van der Waals surface area (Å²) in [6, 6.07) is 8.42. The van der Waals surface area contributed by atoms with Gasteiger partial charge in [-0.05, 0) is 25.0 Å². The monoisotopic (exact) mass is 333 g/mol. The Bertz CT molecular complexity index is 699. The molecule has 2 atom stereocenters. The SMILES string of the molecule is Cn1c(CO[C@H]2CN(C3CCOCC3)C[C@H]2F)nc2ccccc21. The summed E-state index contributed by atoms with van der Waals surface area (Å²) >= 11 is 0. The van der Waals surface area contributed by atoms with Gasteiger partial charge in [-0.15, -0.1) is 0 Å². The average Bonchev–Trinajstić information content (AvgIpc) is 3.15. The van der Waals surface area contributed by atoms with Crippen molar-refractivity contribution < 1.29 is 13.9 Å². The molecule has 0 unspecified atom stereocenters. The van der Waals surface area contributed by atoms with Gasteiger partial charge in [-0.3, -0.25) is 4.90 Å². The fourth-order valence-corrected chi connectivity index (χ4v) is 3.77. The largest absolute Gasteiger partial charge is 0.381 e. The minimum Gasteiger partial charge on any atom is -0.381 e. The number of ether oxygens (including phenoxy) is 2. The summed E-state index contributed by atoms with van der Waals surface area (Å²) in [5.41, 5.74) is 2.02. The van der Waals surface area contributed by atoms with Gasteiger partial charge in [-0.2, -0.15) is 0 Å². The highest BCUT2D eigenvalue weighted by molar-refractivity contribution is 5.75. The number of benzene rings is 1. The summed E-state index contributed by atoms with van der Waals surface area (Å²) in [4.78, 5) is 6.82. The smallest absolute Gasteiger partial charge is 0.140 e. The Hall–Kier alpha value is -1.50. The van der Waals surface area contributed by atoms with Gasteiger partial charge in [0.2, 0.25) is 0 Å². The van der Waals surface area contributed by atoms with E-state index in [1.165, 1.54) is 0 Å². The van der Waals surface area contributed by atoms with E-state index in [1.54, 1.807) is 0 Å². The fraction of sp³-hybridized carbons (Fsp3) is 0.611. The number of halogens is 1. The van der Waals surface area contributed by atoms with E-state index in [0.29, 0.717) is 25.7 Å². The molecule has 1 aromatic carbocycles. The van der Waals surface area contributed by atoms with Crippen LogP contribution in [0, 0.1) is 0 Å². The zero-order chi connectivity index (χ0) is 16.5. The van der Waals surface area contributed by atoms with Crippen molar-refractivity contribution in [2.24, 2.45) is 7.05 Å². The zero-order valence-electron chi connectivity index (χ0n) is 14.0. The first-order valence-corrected chi connectivity index (χ1v) is 8.70. The molecule has 1 aromatic heterocycles. The Labute approximate surface area is 141 Å². The van der Waals surface area contributed by atoms with Crippen molar-refractivity contribution in [3.63, 3.8) is 0 Å². The molecule has 130 valence electrons. The van der Waals surface area contributed by atoms with E-state index in [1.807, 2.05) is 35.9 Å². The standard InChI is InChI=1S/C18H24FN3O2/c1-21-16-5-3-2-4-15(16)20-18(21)12-24-17-11-22(10-14(17)19)13-6-8-23-9-7-13/h2-5,13-14,17H,6-12H2,1H3/t14-,17+/m1/s1. The summed E-state index contributed by atoms with van der Waals surface area (Å²) in [6.45, 7) is 3.04. The molecule has 0 saturated carbocycles. The lowest BCUT2D eigenvalue weighted by molar-refractivity contribution is 0.00215. The normalized spacial score (nSPS) is 26.4. The molecule has 2 fully saturated rings. The van der Waals surface area contributed by atoms with E-state index in [0.717, 1.165) is 42.9 Å². The molecule has 2 aliphatic heterocycles. The Balaban J connectivity index is 1.39. The van der Waals surface area contributed by atoms with Gasteiger partial charge < -0.3 is 14.0 Å². The molecule has 0 radical (unpaired) electrons. The van der Waals surface area contributed by atoms with Crippen LogP contribution in [0.1, 0.15) is 18.7 Å². The number of hydrogen-bond donors (Lipinski definition) is 0.